The van der Waals surface area contributed by atoms with Crippen LogP contribution >= 0.6 is 24.0 Å². The summed E-state index contributed by atoms with van der Waals surface area (Å²) in [6.45, 7) is 0.924. The molecule has 0 radical (unpaired) electrons. The van der Waals surface area contributed by atoms with E-state index in [-0.39, 0.29) is 0 Å². The van der Waals surface area contributed by atoms with E-state index in [1.165, 1.54) is 0 Å². The van der Waals surface area contributed by atoms with E-state index in [4.69, 9.17) is 12.2 Å². The zero-order valence-electron chi connectivity index (χ0n) is 8.75. The molecule has 0 atom stereocenters. The highest BCUT2D eigenvalue weighted by Crippen LogP contribution is 2.09. The van der Waals surface area contributed by atoms with Crippen molar-refractivity contribution in [2.75, 3.05) is 19.3 Å². The minimum Gasteiger partial charge on any atom is -0.366 e. The molecule has 1 rings (SSSR count). The predicted molar refractivity (Wildman–Crippen MR) is 69.0 cm³/mol. The number of H-pyrrole nitrogens is 1. The van der Waals surface area contributed by atoms with E-state index in [0.717, 1.165) is 30.2 Å². The molecule has 0 saturated carbocycles. The maximum Gasteiger partial charge on any atom is 0.166 e. The number of thioether (sulfide) groups is 1. The van der Waals surface area contributed by atoms with Gasteiger partial charge in [-0.1, -0.05) is 0 Å². The van der Waals surface area contributed by atoms with Gasteiger partial charge < -0.3 is 15.6 Å². The number of hydrogen-bond acceptors (Lipinski definition) is 3. The summed E-state index contributed by atoms with van der Waals surface area (Å²) in [6.07, 6.45) is 4.75. The van der Waals surface area contributed by atoms with Crippen LogP contribution in [-0.2, 0) is 5.75 Å². The standard InChI is InChI=1S/C9H16N4S2/c1-10-9(14)12-3-2-4-15-6-8-5-11-7-13-8/h5,7H,2-4,6H2,1H3,(H,11,13)(H2,10,12,14). The molecular formula is C9H16N4S2. The summed E-state index contributed by atoms with van der Waals surface area (Å²) in [5, 5.41) is 6.70. The summed E-state index contributed by atoms with van der Waals surface area (Å²) in [4.78, 5) is 7.09. The Kier molecular flexibility index (Phi) is 6.18. The largest absolute Gasteiger partial charge is 0.366 e. The zero-order valence-corrected chi connectivity index (χ0v) is 10.4. The van der Waals surface area contributed by atoms with Gasteiger partial charge in [0.05, 0.1) is 12.0 Å². The van der Waals surface area contributed by atoms with Crippen molar-refractivity contribution in [3.63, 3.8) is 0 Å². The highest BCUT2D eigenvalue weighted by atomic mass is 32.2. The van der Waals surface area contributed by atoms with Gasteiger partial charge in [0.25, 0.3) is 0 Å². The Morgan fingerprint density at radius 2 is 2.53 bits per heavy atom. The number of aromatic amines is 1. The molecule has 0 bridgehead atoms. The maximum atomic E-state index is 4.96. The van der Waals surface area contributed by atoms with Crippen LogP contribution in [0, 0.1) is 0 Å². The molecule has 3 N–H and O–H groups in total. The van der Waals surface area contributed by atoms with Gasteiger partial charge in [-0.3, -0.25) is 0 Å². The second-order valence-electron chi connectivity index (χ2n) is 2.97. The van der Waals surface area contributed by atoms with Crippen molar-refractivity contribution in [3.05, 3.63) is 18.2 Å². The van der Waals surface area contributed by atoms with Crippen LogP contribution in [0.25, 0.3) is 0 Å². The number of thiocarbonyl (C=S) groups is 1. The summed E-state index contributed by atoms with van der Waals surface area (Å²) in [5.74, 6) is 2.09. The Labute approximate surface area is 99.6 Å². The Morgan fingerprint density at radius 3 is 3.20 bits per heavy atom. The molecule has 84 valence electrons. The SMILES string of the molecule is CNC(=S)NCCCSCc1c[nH]cn1. The van der Waals surface area contributed by atoms with Gasteiger partial charge in [-0.2, -0.15) is 11.8 Å². The lowest BCUT2D eigenvalue weighted by molar-refractivity contribution is 0.834. The second-order valence-corrected chi connectivity index (χ2v) is 4.49. The van der Waals surface area contributed by atoms with Gasteiger partial charge in [-0.25, -0.2) is 4.98 Å². The Balaban J connectivity index is 1.91. The molecule has 0 aromatic carbocycles. The van der Waals surface area contributed by atoms with Crippen LogP contribution in [0.5, 0.6) is 0 Å². The lowest BCUT2D eigenvalue weighted by Crippen LogP contribution is -2.33. The number of imidazole rings is 1. The maximum absolute atomic E-state index is 4.96. The van der Waals surface area contributed by atoms with Crippen LogP contribution < -0.4 is 10.6 Å². The van der Waals surface area contributed by atoms with Gasteiger partial charge in [0.1, 0.15) is 0 Å². The average molecular weight is 244 g/mol. The quantitative estimate of drug-likeness (QED) is 0.517. The highest BCUT2D eigenvalue weighted by molar-refractivity contribution is 7.98. The van der Waals surface area contributed by atoms with Crippen molar-refractivity contribution in [2.24, 2.45) is 0 Å². The first-order chi connectivity index (χ1) is 7.33. The lowest BCUT2D eigenvalue weighted by Gasteiger charge is -2.05. The molecule has 0 aliphatic heterocycles. The fourth-order valence-corrected chi connectivity index (χ4v) is 1.97. The summed E-state index contributed by atoms with van der Waals surface area (Å²) >= 11 is 6.84. The molecule has 0 aliphatic carbocycles. The van der Waals surface area contributed by atoms with Crippen LogP contribution in [0.3, 0.4) is 0 Å². The van der Waals surface area contributed by atoms with Crippen molar-refractivity contribution >= 4 is 29.1 Å². The smallest absolute Gasteiger partial charge is 0.166 e. The topological polar surface area (TPSA) is 52.7 Å². The van der Waals surface area contributed by atoms with Crippen molar-refractivity contribution in [1.82, 2.24) is 20.6 Å². The zero-order chi connectivity index (χ0) is 10.9. The lowest BCUT2D eigenvalue weighted by atomic mass is 10.5. The third-order valence-corrected chi connectivity index (χ3v) is 3.21. The molecule has 0 fully saturated rings. The number of nitrogens with zero attached hydrogens (tertiary/aromatic N) is 1. The van der Waals surface area contributed by atoms with Crippen LogP contribution in [-0.4, -0.2) is 34.4 Å². The number of aromatic nitrogens is 2. The van der Waals surface area contributed by atoms with E-state index >= 15 is 0 Å². The van der Waals surface area contributed by atoms with Crippen LogP contribution in [0.2, 0.25) is 0 Å². The van der Waals surface area contributed by atoms with Gasteiger partial charge in [0.2, 0.25) is 0 Å². The van der Waals surface area contributed by atoms with E-state index in [0.29, 0.717) is 5.11 Å². The van der Waals surface area contributed by atoms with Crippen LogP contribution in [0.4, 0.5) is 0 Å². The van der Waals surface area contributed by atoms with Crippen LogP contribution in [0.1, 0.15) is 12.1 Å². The third kappa shape index (κ3) is 5.64. The minimum absolute atomic E-state index is 0.715. The number of hydrogen-bond donors (Lipinski definition) is 3. The second kappa shape index (κ2) is 7.53. The van der Waals surface area contributed by atoms with Crippen molar-refractivity contribution in [1.29, 1.82) is 0 Å². The molecule has 1 aromatic rings. The molecule has 0 amide bonds. The monoisotopic (exact) mass is 244 g/mol. The molecule has 15 heavy (non-hydrogen) atoms. The molecule has 4 nitrogen and oxygen atoms in total. The van der Waals surface area contributed by atoms with Gasteiger partial charge in [-0.05, 0) is 24.4 Å². The van der Waals surface area contributed by atoms with E-state index < -0.39 is 0 Å². The molecule has 6 heteroatoms. The van der Waals surface area contributed by atoms with Crippen molar-refractivity contribution < 1.29 is 0 Å². The Morgan fingerprint density at radius 1 is 1.67 bits per heavy atom. The molecule has 0 saturated heterocycles. The first-order valence-electron chi connectivity index (χ1n) is 4.84. The highest BCUT2D eigenvalue weighted by Gasteiger charge is 1.95. The predicted octanol–water partition coefficient (Wildman–Crippen LogP) is 1.13. The summed E-state index contributed by atoms with van der Waals surface area (Å²) in [7, 11) is 1.82. The van der Waals surface area contributed by atoms with Crippen LogP contribution in [0.15, 0.2) is 12.5 Å². The van der Waals surface area contributed by atoms with E-state index in [1.54, 1.807) is 6.33 Å². The van der Waals surface area contributed by atoms with Crippen molar-refractivity contribution in [3.8, 4) is 0 Å². The fourth-order valence-electron chi connectivity index (χ4n) is 1.01. The summed E-state index contributed by atoms with van der Waals surface area (Å²) in [6, 6.07) is 0. The van der Waals surface area contributed by atoms with Gasteiger partial charge in [0, 0.05) is 25.5 Å². The minimum atomic E-state index is 0.715. The summed E-state index contributed by atoms with van der Waals surface area (Å²) in [5.41, 5.74) is 1.11. The first-order valence-corrected chi connectivity index (χ1v) is 6.40. The van der Waals surface area contributed by atoms with Crippen molar-refractivity contribution in [2.45, 2.75) is 12.2 Å². The molecule has 1 heterocycles. The van der Waals surface area contributed by atoms with E-state index in [9.17, 15) is 0 Å². The number of nitrogens with one attached hydrogen (secondary N) is 3. The Hall–Kier alpha value is -0.750. The van der Waals surface area contributed by atoms with Gasteiger partial charge >= 0.3 is 0 Å². The number of rotatable bonds is 6. The average Bonchev–Trinajstić information content (AvgIpc) is 2.75. The van der Waals surface area contributed by atoms with Gasteiger partial charge in [0.15, 0.2) is 5.11 Å². The normalized spacial score (nSPS) is 9.93. The van der Waals surface area contributed by atoms with Gasteiger partial charge in [-0.15, -0.1) is 0 Å². The van der Waals surface area contributed by atoms with E-state index in [1.807, 2.05) is 25.0 Å². The van der Waals surface area contributed by atoms with E-state index in [2.05, 4.69) is 20.6 Å². The fraction of sp³-hybridized carbons (Fsp3) is 0.556. The summed E-state index contributed by atoms with van der Waals surface area (Å²) < 4.78 is 0. The molecule has 0 aliphatic rings. The molecule has 0 spiro atoms. The third-order valence-electron chi connectivity index (χ3n) is 1.78. The molecule has 0 unspecified atom stereocenters. The Bertz CT molecular complexity index is 274. The molecular weight excluding hydrogens is 228 g/mol. The first kappa shape index (κ1) is 12.3. The molecule has 1 aromatic heterocycles.